The molecule has 0 saturated heterocycles. The number of carbonyl (C=O) groups excluding carboxylic acids is 5. The number of aliphatic carboxylic acids is 1. The third-order valence-corrected chi connectivity index (χ3v) is 5.42. The average molecular weight is 893 g/mol. The van der Waals surface area contributed by atoms with E-state index in [1.807, 2.05) is 81.5 Å². The molecule has 2 aromatic heterocycles. The Labute approximate surface area is 302 Å². The van der Waals surface area contributed by atoms with Crippen LogP contribution in [0.3, 0.4) is 0 Å². The number of carbonyl (C=O) groups is 6. The highest BCUT2D eigenvalue weighted by Crippen LogP contribution is 2.20. The van der Waals surface area contributed by atoms with Gasteiger partial charge in [0.1, 0.15) is 5.70 Å². The lowest BCUT2D eigenvalue weighted by atomic mass is 10.1. The van der Waals surface area contributed by atoms with E-state index in [4.69, 9.17) is 5.11 Å². The second kappa shape index (κ2) is 26.8. The van der Waals surface area contributed by atoms with E-state index in [1.165, 1.54) is 14.0 Å². The topological polar surface area (TPSA) is 197 Å². The number of benzene rings is 2. The molecule has 2 aromatic carbocycles. The lowest BCUT2D eigenvalue weighted by molar-refractivity contribution is -0.155. The van der Waals surface area contributed by atoms with Crippen LogP contribution in [0.4, 0.5) is 0 Å². The highest BCUT2D eigenvalue weighted by Gasteiger charge is 2.27. The number of carboxylic acids is 1. The molecule has 15 heteroatoms. The smallest absolute Gasteiger partial charge is 0.354 e. The van der Waals surface area contributed by atoms with Gasteiger partial charge in [0, 0.05) is 96.4 Å². The summed E-state index contributed by atoms with van der Waals surface area (Å²) < 4.78 is 8.78. The van der Waals surface area contributed by atoms with Gasteiger partial charge in [-0.1, -0.05) is 64.1 Å². The standard InChI is InChI=1S/C14H14N2O3.C9H7NO.C6H9NO5.2C2H6.I2/c1-9(17)16-13(14(18)19-2)7-10-8-15-12-6-4-3-5-11(10)12;11-6-7-5-10-9-4-2-1-3-8(7)9;1-3(8)7-4(5(9)10)6(11)12-2;3*1-2/h3-8,15H,1-2H3,(H,16,17);1-6,10H;4H,1-2H3,(H,7,8)(H,9,10);2*1-2H3;/b13-7-;;;;;. The van der Waals surface area contributed by atoms with Crippen LogP contribution in [0, 0.1) is 0 Å². The summed E-state index contributed by atoms with van der Waals surface area (Å²) in [5.41, 5.74) is 3.61. The normalized spacial score (nSPS) is 10.1. The van der Waals surface area contributed by atoms with Gasteiger partial charge < -0.3 is 35.2 Å². The zero-order valence-corrected chi connectivity index (χ0v) is 32.3. The first-order valence-corrected chi connectivity index (χ1v) is 20.7. The number of hydrogen-bond donors (Lipinski definition) is 5. The number of esters is 2. The number of fused-ring (bicyclic) bond motifs is 2. The monoisotopic (exact) mass is 892 g/mol. The molecule has 0 radical (unpaired) electrons. The number of hydrogen-bond acceptors (Lipinski definition) is 8. The summed E-state index contributed by atoms with van der Waals surface area (Å²) in [5.74, 6) is -3.96. The Morgan fingerprint density at radius 3 is 1.62 bits per heavy atom. The molecule has 1 atom stereocenters. The van der Waals surface area contributed by atoms with Crippen molar-refractivity contribution in [1.82, 2.24) is 20.6 Å². The average Bonchev–Trinajstić information content (AvgIpc) is 3.73. The van der Waals surface area contributed by atoms with Crippen LogP contribution in [0.5, 0.6) is 0 Å². The third kappa shape index (κ3) is 16.0. The molecule has 0 bridgehead atoms. The van der Waals surface area contributed by atoms with Gasteiger partial charge in [-0.25, -0.2) is 14.4 Å². The molecule has 0 aliphatic rings. The summed E-state index contributed by atoms with van der Waals surface area (Å²) in [4.78, 5) is 70.6. The van der Waals surface area contributed by atoms with Crippen molar-refractivity contribution in [3.05, 3.63) is 77.7 Å². The van der Waals surface area contributed by atoms with E-state index >= 15 is 0 Å². The van der Waals surface area contributed by atoms with E-state index in [-0.39, 0.29) is 11.6 Å². The summed E-state index contributed by atoms with van der Waals surface area (Å²) >= 11 is 4.24. The fourth-order valence-corrected chi connectivity index (χ4v) is 3.55. The Morgan fingerprint density at radius 1 is 0.771 bits per heavy atom. The first-order valence-electron chi connectivity index (χ1n) is 14.4. The second-order valence-corrected chi connectivity index (χ2v) is 8.42. The van der Waals surface area contributed by atoms with Crippen LogP contribution < -0.4 is 10.6 Å². The van der Waals surface area contributed by atoms with Gasteiger partial charge in [0.2, 0.25) is 17.9 Å². The third-order valence-electron chi connectivity index (χ3n) is 5.42. The van der Waals surface area contributed by atoms with Crippen molar-refractivity contribution in [2.24, 2.45) is 0 Å². The van der Waals surface area contributed by atoms with Gasteiger partial charge in [-0.2, -0.15) is 0 Å². The van der Waals surface area contributed by atoms with E-state index in [0.29, 0.717) is 0 Å². The summed E-state index contributed by atoms with van der Waals surface area (Å²) in [6, 6.07) is 13.8. The fourth-order valence-electron chi connectivity index (χ4n) is 3.55. The molecule has 0 aliphatic heterocycles. The number of rotatable bonds is 7. The fraction of sp³-hybridized carbons (Fsp3) is 0.273. The molecule has 262 valence electrons. The lowest BCUT2D eigenvalue weighted by Gasteiger charge is -2.09. The molecule has 2 amide bonds. The lowest BCUT2D eigenvalue weighted by Crippen LogP contribution is -2.46. The Balaban J connectivity index is 0. The van der Waals surface area contributed by atoms with E-state index in [9.17, 15) is 28.8 Å². The maximum absolute atomic E-state index is 11.6. The van der Waals surface area contributed by atoms with E-state index in [2.05, 4.69) is 62.0 Å². The largest absolute Gasteiger partial charge is 0.479 e. The predicted octanol–water partition coefficient (Wildman–Crippen LogP) is 6.37. The molecule has 5 N–H and O–H groups in total. The van der Waals surface area contributed by atoms with Gasteiger partial charge in [0.25, 0.3) is 0 Å². The van der Waals surface area contributed by atoms with Crippen LogP contribution >= 0.6 is 37.2 Å². The van der Waals surface area contributed by atoms with Crippen LogP contribution in [0.25, 0.3) is 27.9 Å². The molecular formula is C33H42I2N4O9. The molecule has 4 rings (SSSR count). The molecular weight excluding hydrogens is 850 g/mol. The highest BCUT2D eigenvalue weighted by atomic mass is 128. The molecule has 48 heavy (non-hydrogen) atoms. The molecule has 2 heterocycles. The van der Waals surface area contributed by atoms with Crippen molar-refractivity contribution >= 4 is 101 Å². The zero-order chi connectivity index (χ0) is 37.2. The van der Waals surface area contributed by atoms with Crippen molar-refractivity contribution < 1.29 is 43.3 Å². The minimum atomic E-state index is -1.62. The molecule has 0 spiro atoms. The minimum absolute atomic E-state index is 0.111. The Hall–Kier alpha value is -4.26. The Morgan fingerprint density at radius 2 is 1.23 bits per heavy atom. The number of H-pyrrole nitrogens is 2. The van der Waals surface area contributed by atoms with Gasteiger partial charge in [-0.3, -0.25) is 14.4 Å². The molecule has 0 aliphatic carbocycles. The molecule has 4 aromatic rings. The van der Waals surface area contributed by atoms with Crippen LogP contribution in [-0.2, 0) is 33.4 Å². The number of carboxylic acid groups (broad SMARTS) is 1. The van der Waals surface area contributed by atoms with Crippen molar-refractivity contribution in [2.45, 2.75) is 47.6 Å². The van der Waals surface area contributed by atoms with Gasteiger partial charge >= 0.3 is 17.9 Å². The Kier molecular flexibility index (Phi) is 25.6. The number of amides is 2. The van der Waals surface area contributed by atoms with Gasteiger partial charge in [-0.15, -0.1) is 0 Å². The predicted molar refractivity (Wildman–Crippen MR) is 204 cm³/mol. The van der Waals surface area contributed by atoms with Crippen molar-refractivity contribution in [3.63, 3.8) is 0 Å². The van der Waals surface area contributed by atoms with Crippen LogP contribution in [0.2, 0.25) is 0 Å². The van der Waals surface area contributed by atoms with Crippen molar-refractivity contribution in [1.29, 1.82) is 0 Å². The summed E-state index contributed by atoms with van der Waals surface area (Å²) in [7, 11) is 2.31. The molecule has 0 fully saturated rings. The van der Waals surface area contributed by atoms with Crippen LogP contribution in [0.15, 0.2) is 66.6 Å². The number of methoxy groups -OCH3 is 2. The number of ether oxygens (including phenoxy) is 2. The molecule has 13 nitrogen and oxygen atoms in total. The van der Waals surface area contributed by atoms with Crippen LogP contribution in [-0.4, -0.2) is 71.3 Å². The Bertz CT molecular complexity index is 1630. The highest BCUT2D eigenvalue weighted by molar-refractivity contribution is 15.0. The number of aromatic amines is 2. The van der Waals surface area contributed by atoms with Gasteiger partial charge in [0.05, 0.1) is 14.2 Å². The maximum Gasteiger partial charge on any atom is 0.354 e. The number of para-hydroxylation sites is 2. The van der Waals surface area contributed by atoms with Gasteiger partial charge in [0.15, 0.2) is 6.29 Å². The van der Waals surface area contributed by atoms with Crippen LogP contribution in [0.1, 0.15) is 57.5 Å². The first kappa shape index (κ1) is 45.9. The maximum atomic E-state index is 11.6. The molecule has 1 unspecified atom stereocenters. The van der Waals surface area contributed by atoms with E-state index in [1.54, 1.807) is 18.5 Å². The summed E-state index contributed by atoms with van der Waals surface area (Å²) in [5, 5.41) is 14.7. The number of nitrogens with one attached hydrogen (secondary N) is 4. The van der Waals surface area contributed by atoms with E-state index < -0.39 is 29.9 Å². The minimum Gasteiger partial charge on any atom is -0.479 e. The summed E-state index contributed by atoms with van der Waals surface area (Å²) in [6.07, 6.45) is 5.94. The number of aldehydes is 1. The SMILES string of the molecule is CC.CC.COC(=O)/C(=C/c1c[nH]c2ccccc12)NC(C)=O.COC(=O)C(NC(C)=O)C(=O)O.II.O=Cc1c[nH]c2ccccc12. The first-order chi connectivity index (χ1) is 23.0. The van der Waals surface area contributed by atoms with Gasteiger partial charge in [-0.05, 0) is 18.2 Å². The van der Waals surface area contributed by atoms with E-state index in [0.717, 1.165) is 53.3 Å². The second-order valence-electron chi connectivity index (χ2n) is 8.42. The quantitative estimate of drug-likeness (QED) is 0.0461. The van der Waals surface area contributed by atoms with Crippen molar-refractivity contribution in [3.8, 4) is 0 Å². The zero-order valence-electron chi connectivity index (χ0n) is 28.0. The molecule has 0 saturated carbocycles. The number of halogens is 2. The summed E-state index contributed by atoms with van der Waals surface area (Å²) in [6.45, 7) is 10.4. The van der Waals surface area contributed by atoms with Crippen molar-refractivity contribution in [2.75, 3.05) is 14.2 Å². The number of aromatic nitrogens is 2.